The summed E-state index contributed by atoms with van der Waals surface area (Å²) in [5.41, 5.74) is 6.25. The molecule has 0 aliphatic carbocycles. The number of nitrogen functional groups attached to an aromatic ring is 1. The number of nitrogens with one attached hydrogen (secondary N) is 1. The normalized spacial score (nSPS) is 10.0. The first-order chi connectivity index (χ1) is 10.1. The lowest BCUT2D eigenvalue weighted by Gasteiger charge is -2.11. The fraction of sp³-hybridized carbons (Fsp3) is 0.429. The predicted molar refractivity (Wildman–Crippen MR) is 77.2 cm³/mol. The molecule has 1 rings (SSSR count). The van der Waals surface area contributed by atoms with Crippen molar-refractivity contribution in [3.63, 3.8) is 0 Å². The van der Waals surface area contributed by atoms with E-state index < -0.39 is 5.97 Å². The van der Waals surface area contributed by atoms with Gasteiger partial charge in [0.15, 0.2) is 6.61 Å². The average molecular weight is 296 g/mol. The molecule has 0 bridgehead atoms. The smallest absolute Gasteiger partial charge is 0.341 e. The third kappa shape index (κ3) is 5.70. The van der Waals surface area contributed by atoms with E-state index >= 15 is 0 Å². The second-order valence-electron chi connectivity index (χ2n) is 4.11. The van der Waals surface area contributed by atoms with Crippen molar-refractivity contribution in [2.45, 2.75) is 6.92 Å². The number of ether oxygens (including phenoxy) is 3. The van der Waals surface area contributed by atoms with Gasteiger partial charge in [0.25, 0.3) is 5.91 Å². The molecule has 0 spiro atoms. The van der Waals surface area contributed by atoms with Gasteiger partial charge in [0.2, 0.25) is 0 Å². The van der Waals surface area contributed by atoms with E-state index in [4.69, 9.17) is 19.9 Å². The number of carbonyl (C=O) groups is 2. The molecular formula is C14H20N2O5. The molecule has 0 saturated heterocycles. The van der Waals surface area contributed by atoms with Gasteiger partial charge in [-0.1, -0.05) is 0 Å². The van der Waals surface area contributed by atoms with E-state index in [1.807, 2.05) is 0 Å². The van der Waals surface area contributed by atoms with E-state index in [-0.39, 0.29) is 30.4 Å². The minimum absolute atomic E-state index is 0.196. The molecule has 3 N–H and O–H groups in total. The van der Waals surface area contributed by atoms with Gasteiger partial charge in [0, 0.05) is 19.3 Å². The number of amides is 1. The summed E-state index contributed by atoms with van der Waals surface area (Å²) < 4.78 is 15.1. The van der Waals surface area contributed by atoms with Crippen LogP contribution in [-0.4, -0.2) is 45.4 Å². The fourth-order valence-corrected chi connectivity index (χ4v) is 1.53. The Balaban J connectivity index is 2.65. The molecule has 0 atom stereocenters. The summed E-state index contributed by atoms with van der Waals surface area (Å²) in [6.45, 7) is 2.55. The zero-order valence-electron chi connectivity index (χ0n) is 12.2. The Hall–Kier alpha value is -2.28. The first-order valence-corrected chi connectivity index (χ1v) is 6.53. The number of carbonyl (C=O) groups excluding carboxylic acids is 2. The molecule has 0 heterocycles. The highest BCUT2D eigenvalue weighted by molar-refractivity contribution is 5.93. The number of anilines is 1. The van der Waals surface area contributed by atoms with E-state index in [2.05, 4.69) is 5.32 Å². The van der Waals surface area contributed by atoms with Crippen LogP contribution in [-0.2, 0) is 14.3 Å². The van der Waals surface area contributed by atoms with Gasteiger partial charge in [0.05, 0.1) is 13.2 Å². The zero-order valence-corrected chi connectivity index (χ0v) is 12.2. The maximum absolute atomic E-state index is 11.8. The molecule has 1 aromatic carbocycles. The van der Waals surface area contributed by atoms with E-state index in [9.17, 15) is 9.59 Å². The van der Waals surface area contributed by atoms with Crippen LogP contribution in [0.15, 0.2) is 18.2 Å². The van der Waals surface area contributed by atoms with Crippen LogP contribution < -0.4 is 15.8 Å². The maximum atomic E-state index is 11.8. The molecule has 0 aliphatic rings. The minimum Gasteiger partial charge on any atom is -0.483 e. The highest BCUT2D eigenvalue weighted by atomic mass is 16.5. The molecule has 0 radical (unpaired) electrons. The standard InChI is InChI=1S/C14H20N2O5/c1-3-20-14(18)11-8-10(15)4-5-12(11)21-9-13(17)16-6-7-19-2/h4-5,8H,3,6-7,9,15H2,1-2H3,(H,16,17). The first kappa shape index (κ1) is 16.8. The third-order valence-electron chi connectivity index (χ3n) is 2.49. The zero-order chi connectivity index (χ0) is 15.7. The van der Waals surface area contributed by atoms with Gasteiger partial charge in [0.1, 0.15) is 11.3 Å². The Morgan fingerprint density at radius 2 is 2.10 bits per heavy atom. The molecule has 0 fully saturated rings. The number of methoxy groups -OCH3 is 1. The topological polar surface area (TPSA) is 99.9 Å². The SMILES string of the molecule is CCOC(=O)c1cc(N)ccc1OCC(=O)NCCOC. The highest BCUT2D eigenvalue weighted by Crippen LogP contribution is 2.22. The second kappa shape index (κ2) is 8.80. The van der Waals surface area contributed by atoms with Gasteiger partial charge in [-0.05, 0) is 25.1 Å². The molecule has 0 unspecified atom stereocenters. The van der Waals surface area contributed by atoms with Crippen molar-refractivity contribution in [3.8, 4) is 5.75 Å². The quantitative estimate of drug-likeness (QED) is 0.414. The van der Waals surface area contributed by atoms with Gasteiger partial charge in [-0.3, -0.25) is 4.79 Å². The summed E-state index contributed by atoms with van der Waals surface area (Å²) in [5.74, 6) is -0.595. The van der Waals surface area contributed by atoms with Gasteiger partial charge in [-0.2, -0.15) is 0 Å². The van der Waals surface area contributed by atoms with E-state index in [1.54, 1.807) is 20.1 Å². The van der Waals surface area contributed by atoms with Crippen molar-refractivity contribution in [1.82, 2.24) is 5.32 Å². The number of hydrogen-bond donors (Lipinski definition) is 2. The van der Waals surface area contributed by atoms with Crippen molar-refractivity contribution < 1.29 is 23.8 Å². The molecular weight excluding hydrogens is 276 g/mol. The lowest BCUT2D eigenvalue weighted by molar-refractivity contribution is -0.123. The number of rotatable bonds is 8. The fourth-order valence-electron chi connectivity index (χ4n) is 1.53. The number of hydrogen-bond acceptors (Lipinski definition) is 6. The van der Waals surface area contributed by atoms with Gasteiger partial charge in [-0.15, -0.1) is 0 Å². The Bertz CT molecular complexity index is 490. The summed E-state index contributed by atoms with van der Waals surface area (Å²) in [4.78, 5) is 23.3. The van der Waals surface area contributed by atoms with Crippen molar-refractivity contribution in [2.24, 2.45) is 0 Å². The molecule has 21 heavy (non-hydrogen) atoms. The van der Waals surface area contributed by atoms with Crippen LogP contribution in [0.5, 0.6) is 5.75 Å². The van der Waals surface area contributed by atoms with Crippen LogP contribution in [0.4, 0.5) is 5.69 Å². The van der Waals surface area contributed by atoms with Crippen molar-refractivity contribution >= 4 is 17.6 Å². The predicted octanol–water partition coefficient (Wildman–Crippen LogP) is 0.587. The summed E-state index contributed by atoms with van der Waals surface area (Å²) in [6.07, 6.45) is 0. The van der Waals surface area contributed by atoms with Crippen LogP contribution in [0.3, 0.4) is 0 Å². The summed E-state index contributed by atoms with van der Waals surface area (Å²) in [5, 5.41) is 2.61. The Labute approximate surface area is 123 Å². The molecule has 1 amide bonds. The molecule has 0 saturated carbocycles. The highest BCUT2D eigenvalue weighted by Gasteiger charge is 2.15. The lowest BCUT2D eigenvalue weighted by Crippen LogP contribution is -2.31. The largest absolute Gasteiger partial charge is 0.483 e. The van der Waals surface area contributed by atoms with Crippen molar-refractivity contribution in [1.29, 1.82) is 0 Å². The first-order valence-electron chi connectivity index (χ1n) is 6.53. The average Bonchev–Trinajstić information content (AvgIpc) is 2.46. The molecule has 7 nitrogen and oxygen atoms in total. The van der Waals surface area contributed by atoms with Gasteiger partial charge in [-0.25, -0.2) is 4.79 Å². The molecule has 116 valence electrons. The van der Waals surface area contributed by atoms with Gasteiger partial charge < -0.3 is 25.3 Å². The van der Waals surface area contributed by atoms with Crippen LogP contribution in [0.1, 0.15) is 17.3 Å². The lowest BCUT2D eigenvalue weighted by atomic mass is 10.2. The summed E-state index contributed by atoms with van der Waals surface area (Å²) >= 11 is 0. The molecule has 0 aromatic heterocycles. The van der Waals surface area contributed by atoms with Crippen LogP contribution in [0.25, 0.3) is 0 Å². The second-order valence-corrected chi connectivity index (χ2v) is 4.11. The maximum Gasteiger partial charge on any atom is 0.341 e. The van der Waals surface area contributed by atoms with E-state index in [0.717, 1.165) is 0 Å². The minimum atomic E-state index is -0.542. The van der Waals surface area contributed by atoms with E-state index in [0.29, 0.717) is 18.8 Å². The van der Waals surface area contributed by atoms with Gasteiger partial charge >= 0.3 is 5.97 Å². The third-order valence-corrected chi connectivity index (χ3v) is 2.49. The number of nitrogens with two attached hydrogens (primary N) is 1. The Morgan fingerprint density at radius 3 is 2.76 bits per heavy atom. The van der Waals surface area contributed by atoms with Crippen LogP contribution >= 0.6 is 0 Å². The molecule has 7 heteroatoms. The number of benzene rings is 1. The van der Waals surface area contributed by atoms with Crippen molar-refractivity contribution in [2.75, 3.05) is 39.2 Å². The summed E-state index contributed by atoms with van der Waals surface area (Å²) in [7, 11) is 1.54. The molecule has 0 aliphatic heterocycles. The Kier molecular flexibility index (Phi) is 7.03. The van der Waals surface area contributed by atoms with Crippen LogP contribution in [0.2, 0.25) is 0 Å². The number of esters is 1. The Morgan fingerprint density at radius 1 is 1.33 bits per heavy atom. The molecule has 1 aromatic rings. The van der Waals surface area contributed by atoms with Crippen molar-refractivity contribution in [3.05, 3.63) is 23.8 Å². The summed E-state index contributed by atoms with van der Waals surface area (Å²) in [6, 6.07) is 4.57. The van der Waals surface area contributed by atoms with E-state index in [1.165, 1.54) is 12.1 Å². The monoisotopic (exact) mass is 296 g/mol. The van der Waals surface area contributed by atoms with Crippen LogP contribution in [0, 0.1) is 0 Å².